The Morgan fingerprint density at radius 3 is 2.05 bits per heavy atom. The summed E-state index contributed by atoms with van der Waals surface area (Å²) in [5.41, 5.74) is -0.558. The van der Waals surface area contributed by atoms with Gasteiger partial charge >= 0.3 is 11.4 Å². The number of anilines is 1. The van der Waals surface area contributed by atoms with Crippen LogP contribution in [0.5, 0.6) is 0 Å². The van der Waals surface area contributed by atoms with Crippen molar-refractivity contribution in [3.8, 4) is 0 Å². The molecule has 1 aromatic rings. The molecule has 0 N–H and O–H groups in total. The lowest BCUT2D eigenvalue weighted by Crippen LogP contribution is -2.25. The molecule has 0 aliphatic carbocycles. The molecule has 0 amide bonds. The fourth-order valence-electron chi connectivity index (χ4n) is 2.00. The Labute approximate surface area is 111 Å². The maximum Gasteiger partial charge on any atom is 0.369 e. The Kier molecular flexibility index (Phi) is 5.23. The van der Waals surface area contributed by atoms with Crippen LogP contribution in [0, 0.1) is 20.2 Å². The third-order valence-electron chi connectivity index (χ3n) is 2.70. The van der Waals surface area contributed by atoms with Crippen LogP contribution in [0.2, 0.25) is 0 Å². The number of benzene rings is 1. The molecule has 0 unspecified atom stereocenters. The average Bonchev–Trinajstić information content (AvgIpc) is 2.37. The largest absolute Gasteiger partial charge is 0.369 e. The smallest absolute Gasteiger partial charge is 0.366 e. The molecule has 0 fully saturated rings. The minimum Gasteiger partial charge on any atom is -0.366 e. The summed E-state index contributed by atoms with van der Waals surface area (Å²) in [6, 6.07) is 4.22. The van der Waals surface area contributed by atoms with Gasteiger partial charge in [0.1, 0.15) is 5.69 Å². The second kappa shape index (κ2) is 6.67. The average molecular weight is 267 g/mol. The van der Waals surface area contributed by atoms with Gasteiger partial charge in [-0.25, -0.2) is 0 Å². The summed E-state index contributed by atoms with van der Waals surface area (Å²) >= 11 is 0. The lowest BCUT2D eigenvalue weighted by atomic mass is 10.2. The standard InChI is InChI=1S/C12H17N3O4/c1-3-8-13(9-4-2)10-6-5-7-11(14(16)17)12(10)15(18)19/h5-7H,3-4,8-9H2,1-2H3. The molecule has 104 valence electrons. The highest BCUT2D eigenvalue weighted by Gasteiger charge is 2.30. The first-order valence-electron chi connectivity index (χ1n) is 6.19. The van der Waals surface area contributed by atoms with E-state index in [1.54, 1.807) is 6.07 Å². The molecule has 7 heteroatoms. The number of nitrogens with zero attached hydrogens (tertiary/aromatic N) is 3. The van der Waals surface area contributed by atoms with Crippen molar-refractivity contribution >= 4 is 17.1 Å². The summed E-state index contributed by atoms with van der Waals surface area (Å²) in [6.07, 6.45) is 1.64. The van der Waals surface area contributed by atoms with Crippen LogP contribution in [0.4, 0.5) is 17.1 Å². The Hall–Kier alpha value is -2.18. The van der Waals surface area contributed by atoms with Crippen LogP contribution in [-0.4, -0.2) is 22.9 Å². The van der Waals surface area contributed by atoms with Crippen LogP contribution in [0.15, 0.2) is 18.2 Å². The van der Waals surface area contributed by atoms with Gasteiger partial charge in [0.05, 0.1) is 9.85 Å². The molecular weight excluding hydrogens is 250 g/mol. The molecule has 1 aromatic carbocycles. The van der Waals surface area contributed by atoms with E-state index in [0.29, 0.717) is 18.8 Å². The lowest BCUT2D eigenvalue weighted by Gasteiger charge is -2.23. The summed E-state index contributed by atoms with van der Waals surface area (Å²) in [4.78, 5) is 22.5. The van der Waals surface area contributed by atoms with Crippen molar-refractivity contribution in [3.05, 3.63) is 38.4 Å². The SMILES string of the molecule is CCCN(CCC)c1cccc([N+](=O)[O-])c1[N+](=O)[O-]. The van der Waals surface area contributed by atoms with Gasteiger partial charge in [-0.15, -0.1) is 0 Å². The minimum atomic E-state index is -0.711. The summed E-state index contributed by atoms with van der Waals surface area (Å²) in [6.45, 7) is 5.20. The predicted molar refractivity (Wildman–Crippen MR) is 72.5 cm³/mol. The summed E-state index contributed by atoms with van der Waals surface area (Å²) < 4.78 is 0. The van der Waals surface area contributed by atoms with Crippen molar-refractivity contribution in [3.63, 3.8) is 0 Å². The van der Waals surface area contributed by atoms with Gasteiger partial charge in [0.25, 0.3) is 0 Å². The van der Waals surface area contributed by atoms with E-state index in [1.165, 1.54) is 6.07 Å². The number of para-hydroxylation sites is 1. The van der Waals surface area contributed by atoms with Crippen LogP contribution in [0.1, 0.15) is 26.7 Å². The second-order valence-electron chi connectivity index (χ2n) is 4.15. The topological polar surface area (TPSA) is 89.5 Å². The normalized spacial score (nSPS) is 10.2. The molecule has 0 atom stereocenters. The van der Waals surface area contributed by atoms with E-state index in [-0.39, 0.29) is 0 Å². The van der Waals surface area contributed by atoms with Gasteiger partial charge in [-0.2, -0.15) is 0 Å². The van der Waals surface area contributed by atoms with Gasteiger partial charge in [-0.05, 0) is 18.9 Å². The molecule has 0 aliphatic rings. The molecule has 0 radical (unpaired) electrons. The Morgan fingerprint density at radius 2 is 1.63 bits per heavy atom. The number of rotatable bonds is 7. The highest BCUT2D eigenvalue weighted by Crippen LogP contribution is 2.36. The van der Waals surface area contributed by atoms with Crippen LogP contribution in [0.3, 0.4) is 0 Å². The summed E-state index contributed by atoms with van der Waals surface area (Å²) in [7, 11) is 0. The summed E-state index contributed by atoms with van der Waals surface area (Å²) in [5, 5.41) is 22.0. The third kappa shape index (κ3) is 3.40. The molecule has 0 bridgehead atoms. The highest BCUT2D eigenvalue weighted by atomic mass is 16.6. The molecule has 0 spiro atoms. The third-order valence-corrected chi connectivity index (χ3v) is 2.70. The van der Waals surface area contributed by atoms with Gasteiger partial charge in [-0.1, -0.05) is 19.9 Å². The molecule has 0 heterocycles. The van der Waals surface area contributed by atoms with Gasteiger partial charge in [0.15, 0.2) is 0 Å². The first-order valence-corrected chi connectivity index (χ1v) is 6.19. The summed E-state index contributed by atoms with van der Waals surface area (Å²) in [5.74, 6) is 0. The Bertz CT molecular complexity index is 470. The maximum absolute atomic E-state index is 11.1. The van der Waals surface area contributed by atoms with Gasteiger partial charge < -0.3 is 4.90 Å². The number of nitro groups is 2. The van der Waals surface area contributed by atoms with Crippen LogP contribution < -0.4 is 4.90 Å². The van der Waals surface area contributed by atoms with Gasteiger partial charge in [0, 0.05) is 19.2 Å². The van der Waals surface area contributed by atoms with Crippen LogP contribution >= 0.6 is 0 Å². The zero-order valence-corrected chi connectivity index (χ0v) is 11.0. The fourth-order valence-corrected chi connectivity index (χ4v) is 2.00. The first kappa shape index (κ1) is 14.9. The van der Waals surface area contributed by atoms with Crippen LogP contribution in [-0.2, 0) is 0 Å². The zero-order chi connectivity index (χ0) is 14.4. The van der Waals surface area contributed by atoms with E-state index < -0.39 is 21.2 Å². The van der Waals surface area contributed by atoms with Gasteiger partial charge in [0.2, 0.25) is 0 Å². The quantitative estimate of drug-likeness (QED) is 0.559. The molecule has 0 saturated carbocycles. The molecular formula is C12H17N3O4. The van der Waals surface area contributed by atoms with Crippen molar-refractivity contribution in [1.82, 2.24) is 0 Å². The number of hydrogen-bond donors (Lipinski definition) is 0. The Morgan fingerprint density at radius 1 is 1.05 bits per heavy atom. The van der Waals surface area contributed by atoms with E-state index in [4.69, 9.17) is 0 Å². The van der Waals surface area contributed by atoms with Crippen molar-refractivity contribution < 1.29 is 9.85 Å². The van der Waals surface area contributed by atoms with Gasteiger partial charge in [-0.3, -0.25) is 20.2 Å². The molecule has 7 nitrogen and oxygen atoms in total. The van der Waals surface area contributed by atoms with E-state index in [9.17, 15) is 20.2 Å². The van der Waals surface area contributed by atoms with Crippen molar-refractivity contribution in [2.24, 2.45) is 0 Å². The molecule has 0 aromatic heterocycles. The number of nitro benzene ring substituents is 2. The van der Waals surface area contributed by atoms with E-state index in [0.717, 1.165) is 18.9 Å². The van der Waals surface area contributed by atoms with Crippen molar-refractivity contribution in [1.29, 1.82) is 0 Å². The Balaban J connectivity index is 3.35. The zero-order valence-electron chi connectivity index (χ0n) is 11.0. The lowest BCUT2D eigenvalue weighted by molar-refractivity contribution is -0.422. The van der Waals surface area contributed by atoms with E-state index >= 15 is 0 Å². The molecule has 19 heavy (non-hydrogen) atoms. The monoisotopic (exact) mass is 267 g/mol. The number of hydrogen-bond acceptors (Lipinski definition) is 5. The maximum atomic E-state index is 11.1. The van der Waals surface area contributed by atoms with E-state index in [2.05, 4.69) is 0 Å². The highest BCUT2D eigenvalue weighted by molar-refractivity contribution is 5.72. The van der Waals surface area contributed by atoms with Crippen LogP contribution in [0.25, 0.3) is 0 Å². The fraction of sp³-hybridized carbons (Fsp3) is 0.500. The molecule has 0 saturated heterocycles. The van der Waals surface area contributed by atoms with E-state index in [1.807, 2.05) is 18.7 Å². The second-order valence-corrected chi connectivity index (χ2v) is 4.15. The first-order chi connectivity index (χ1) is 9.02. The minimum absolute atomic E-state index is 0.322. The van der Waals surface area contributed by atoms with Crippen molar-refractivity contribution in [2.75, 3.05) is 18.0 Å². The molecule has 1 rings (SSSR count). The predicted octanol–water partition coefficient (Wildman–Crippen LogP) is 3.13. The molecule has 0 aliphatic heterocycles. The van der Waals surface area contributed by atoms with Crippen molar-refractivity contribution in [2.45, 2.75) is 26.7 Å².